The van der Waals surface area contributed by atoms with Crippen molar-refractivity contribution in [3.05, 3.63) is 29.8 Å². The van der Waals surface area contributed by atoms with Gasteiger partial charge in [-0.05, 0) is 37.5 Å². The van der Waals surface area contributed by atoms with Gasteiger partial charge >= 0.3 is 6.09 Å². The molecule has 0 atom stereocenters. The molecule has 0 aliphatic carbocycles. The highest BCUT2D eigenvalue weighted by atomic mass is 32.2. The molecular formula is C19H31N5O5S. The van der Waals surface area contributed by atoms with Crippen molar-refractivity contribution in [1.29, 1.82) is 0 Å². The Bertz CT molecular complexity index is 822. The van der Waals surface area contributed by atoms with Crippen LogP contribution in [0.4, 0.5) is 4.79 Å². The van der Waals surface area contributed by atoms with Crippen molar-refractivity contribution in [3.63, 3.8) is 0 Å². The zero-order valence-electron chi connectivity index (χ0n) is 17.5. The van der Waals surface area contributed by atoms with Gasteiger partial charge in [0.1, 0.15) is 0 Å². The predicted molar refractivity (Wildman–Crippen MR) is 114 cm³/mol. The number of hydrogen-bond donors (Lipinski definition) is 3. The summed E-state index contributed by atoms with van der Waals surface area (Å²) in [5, 5.41) is 3.16. The Morgan fingerprint density at radius 3 is 2.73 bits per heavy atom. The minimum Gasteiger partial charge on any atom is -0.450 e. The number of nitrogens with one attached hydrogen (secondary N) is 2. The van der Waals surface area contributed by atoms with Crippen LogP contribution in [0.2, 0.25) is 0 Å². The van der Waals surface area contributed by atoms with Crippen LogP contribution in [-0.4, -0.2) is 71.4 Å². The van der Waals surface area contributed by atoms with Crippen LogP contribution in [0.1, 0.15) is 25.3 Å². The van der Waals surface area contributed by atoms with Crippen LogP contribution >= 0.6 is 0 Å². The van der Waals surface area contributed by atoms with Crippen LogP contribution in [0.25, 0.3) is 0 Å². The molecule has 2 rings (SSSR count). The number of sulfonamides is 1. The van der Waals surface area contributed by atoms with Gasteiger partial charge in [0.15, 0.2) is 5.96 Å². The highest BCUT2D eigenvalue weighted by Crippen LogP contribution is 2.13. The highest BCUT2D eigenvalue weighted by molar-refractivity contribution is 7.89. The zero-order chi connectivity index (χ0) is 22.0. The highest BCUT2D eigenvalue weighted by Gasteiger charge is 2.23. The molecule has 30 heavy (non-hydrogen) atoms. The standard InChI is InChI=1S/C19H31N5O5S/c1-3-29-19(25)24-10-7-16(8-11-24)23-18(20)21-14-15-5-4-6-17(13-15)30(26,27)22-9-12-28-2/h4-6,13,16,22H,3,7-12,14H2,1-2H3,(H3,20,21,23). The van der Waals surface area contributed by atoms with Gasteiger partial charge in [-0.1, -0.05) is 12.1 Å². The number of piperidine rings is 1. The molecule has 0 saturated carbocycles. The summed E-state index contributed by atoms with van der Waals surface area (Å²) in [6.45, 7) is 4.09. The van der Waals surface area contributed by atoms with Gasteiger partial charge in [0.2, 0.25) is 10.0 Å². The molecule has 1 aromatic carbocycles. The van der Waals surface area contributed by atoms with Gasteiger partial charge in [0.25, 0.3) is 0 Å². The van der Waals surface area contributed by atoms with Crippen LogP contribution in [-0.2, 0) is 26.0 Å². The lowest BCUT2D eigenvalue weighted by atomic mass is 10.1. The third kappa shape index (κ3) is 7.47. The molecule has 0 aromatic heterocycles. The fourth-order valence-corrected chi connectivity index (χ4v) is 4.11. The Balaban J connectivity index is 1.86. The van der Waals surface area contributed by atoms with Crippen LogP contribution in [0.15, 0.2) is 34.2 Å². The molecule has 1 aliphatic heterocycles. The molecule has 168 valence electrons. The van der Waals surface area contributed by atoms with Crippen LogP contribution in [0.5, 0.6) is 0 Å². The molecular weight excluding hydrogens is 410 g/mol. The van der Waals surface area contributed by atoms with Crippen LogP contribution < -0.4 is 15.8 Å². The van der Waals surface area contributed by atoms with E-state index in [2.05, 4.69) is 15.0 Å². The molecule has 0 radical (unpaired) electrons. The summed E-state index contributed by atoms with van der Waals surface area (Å²) < 4.78 is 36.9. The quantitative estimate of drug-likeness (QED) is 0.291. The number of rotatable bonds is 9. The monoisotopic (exact) mass is 441 g/mol. The minimum absolute atomic E-state index is 0.121. The minimum atomic E-state index is -3.60. The number of hydrogen-bond acceptors (Lipinski definition) is 6. The third-order valence-corrected chi connectivity index (χ3v) is 6.07. The van der Waals surface area contributed by atoms with Crippen molar-refractivity contribution in [2.24, 2.45) is 10.7 Å². The summed E-state index contributed by atoms with van der Waals surface area (Å²) in [6.07, 6.45) is 1.20. The summed E-state index contributed by atoms with van der Waals surface area (Å²) in [7, 11) is -2.09. The number of likely N-dealkylation sites (tertiary alicyclic amines) is 1. The lowest BCUT2D eigenvalue weighted by Gasteiger charge is -2.31. The van der Waals surface area contributed by atoms with Crippen LogP contribution in [0.3, 0.4) is 0 Å². The molecule has 1 amide bonds. The Labute approximate surface area is 177 Å². The van der Waals surface area contributed by atoms with Crippen molar-refractivity contribution in [2.75, 3.05) is 40.0 Å². The predicted octanol–water partition coefficient (Wildman–Crippen LogP) is 0.637. The van der Waals surface area contributed by atoms with Gasteiger partial charge in [-0.2, -0.15) is 0 Å². The van der Waals surface area contributed by atoms with Crippen molar-refractivity contribution < 1.29 is 22.7 Å². The second-order valence-electron chi connectivity index (χ2n) is 6.84. The lowest BCUT2D eigenvalue weighted by molar-refractivity contribution is 0.0963. The number of benzene rings is 1. The lowest BCUT2D eigenvalue weighted by Crippen LogP contribution is -2.48. The van der Waals surface area contributed by atoms with E-state index in [1.54, 1.807) is 30.0 Å². The summed E-state index contributed by atoms with van der Waals surface area (Å²) in [4.78, 5) is 17.9. The largest absolute Gasteiger partial charge is 0.450 e. The number of nitrogens with zero attached hydrogens (tertiary/aromatic N) is 2. The first kappa shape index (κ1) is 23.9. The van der Waals surface area contributed by atoms with E-state index >= 15 is 0 Å². The average molecular weight is 442 g/mol. The van der Waals surface area contributed by atoms with Gasteiger partial charge in [0, 0.05) is 32.8 Å². The number of aliphatic imine (C=N–C) groups is 1. The van der Waals surface area contributed by atoms with E-state index < -0.39 is 10.0 Å². The molecule has 10 nitrogen and oxygen atoms in total. The molecule has 0 bridgehead atoms. The summed E-state index contributed by atoms with van der Waals surface area (Å²) >= 11 is 0. The van der Waals surface area contributed by atoms with Gasteiger partial charge in [0.05, 0.1) is 24.7 Å². The molecule has 1 fully saturated rings. The van der Waals surface area contributed by atoms with Gasteiger partial charge in [-0.25, -0.2) is 22.9 Å². The summed E-state index contributed by atoms with van der Waals surface area (Å²) in [5.74, 6) is 0.288. The van der Waals surface area contributed by atoms with E-state index in [9.17, 15) is 13.2 Å². The van der Waals surface area contributed by atoms with Crippen molar-refractivity contribution in [3.8, 4) is 0 Å². The summed E-state index contributed by atoms with van der Waals surface area (Å²) in [6, 6.07) is 6.69. The number of carbonyl (C=O) groups excluding carboxylic acids is 1. The molecule has 4 N–H and O–H groups in total. The molecule has 1 aliphatic rings. The fraction of sp³-hybridized carbons (Fsp3) is 0.579. The van der Waals surface area contributed by atoms with E-state index in [0.29, 0.717) is 26.3 Å². The Morgan fingerprint density at radius 2 is 2.07 bits per heavy atom. The molecule has 11 heteroatoms. The second-order valence-corrected chi connectivity index (χ2v) is 8.61. The topological polar surface area (TPSA) is 135 Å². The Morgan fingerprint density at radius 1 is 1.33 bits per heavy atom. The molecule has 0 spiro atoms. The summed E-state index contributed by atoms with van der Waals surface area (Å²) in [5.41, 5.74) is 6.72. The van der Waals surface area contributed by atoms with Crippen LogP contribution in [0, 0.1) is 0 Å². The number of methoxy groups -OCH3 is 1. The van der Waals surface area contributed by atoms with Crippen molar-refractivity contribution in [1.82, 2.24) is 14.9 Å². The van der Waals surface area contributed by atoms with Gasteiger partial charge < -0.3 is 25.4 Å². The van der Waals surface area contributed by atoms with E-state index in [0.717, 1.165) is 18.4 Å². The van der Waals surface area contributed by atoms with E-state index in [1.807, 2.05) is 0 Å². The molecule has 1 heterocycles. The third-order valence-electron chi connectivity index (χ3n) is 4.61. The normalized spacial score (nSPS) is 15.8. The first-order valence-electron chi connectivity index (χ1n) is 9.91. The zero-order valence-corrected chi connectivity index (χ0v) is 18.3. The number of guanidine groups is 1. The fourth-order valence-electron chi connectivity index (χ4n) is 3.02. The Kier molecular flexibility index (Phi) is 9.34. The maximum absolute atomic E-state index is 12.3. The molecule has 1 saturated heterocycles. The van der Waals surface area contributed by atoms with E-state index in [-0.39, 0.29) is 36.1 Å². The second kappa shape index (κ2) is 11.7. The SMILES string of the molecule is CCOC(=O)N1CCC(NC(N)=NCc2cccc(S(=O)(=O)NCCOC)c2)CC1. The first-order chi connectivity index (χ1) is 14.4. The van der Waals surface area contributed by atoms with Gasteiger partial charge in [-0.3, -0.25) is 0 Å². The van der Waals surface area contributed by atoms with Gasteiger partial charge in [-0.15, -0.1) is 0 Å². The van der Waals surface area contributed by atoms with Crippen molar-refractivity contribution >= 4 is 22.1 Å². The van der Waals surface area contributed by atoms with E-state index in [1.165, 1.54) is 13.2 Å². The van der Waals surface area contributed by atoms with E-state index in [4.69, 9.17) is 15.2 Å². The Hall–Kier alpha value is -2.37. The average Bonchev–Trinajstić information content (AvgIpc) is 2.73. The smallest absolute Gasteiger partial charge is 0.409 e. The maximum Gasteiger partial charge on any atom is 0.409 e. The maximum atomic E-state index is 12.3. The number of ether oxygens (including phenoxy) is 2. The van der Waals surface area contributed by atoms with Crippen molar-refractivity contribution in [2.45, 2.75) is 37.2 Å². The molecule has 0 unspecified atom stereocenters. The number of carbonyl (C=O) groups is 1. The molecule has 1 aromatic rings. The first-order valence-corrected chi connectivity index (χ1v) is 11.4. The number of nitrogens with two attached hydrogens (primary N) is 1. The number of amides is 1.